The number of amides is 1. The number of aliphatic hydroxyl groups excluding tert-OH is 2. The van der Waals surface area contributed by atoms with Gasteiger partial charge in [0, 0.05) is 24.7 Å². The molecular formula is C28H35NO7. The lowest BCUT2D eigenvalue weighted by Gasteiger charge is -2.24. The summed E-state index contributed by atoms with van der Waals surface area (Å²) >= 11 is 0. The second kappa shape index (κ2) is 14.1. The molecule has 0 aliphatic heterocycles. The molecule has 1 amide bonds. The van der Waals surface area contributed by atoms with E-state index in [9.17, 15) is 24.9 Å². The maximum absolute atomic E-state index is 13.8. The Labute approximate surface area is 212 Å². The fourth-order valence-electron chi connectivity index (χ4n) is 3.86. The van der Waals surface area contributed by atoms with E-state index in [1.807, 2.05) is 6.92 Å². The minimum absolute atomic E-state index is 0.0224. The Morgan fingerprint density at radius 1 is 0.972 bits per heavy atom. The van der Waals surface area contributed by atoms with Crippen LogP contribution in [0.2, 0.25) is 0 Å². The molecule has 0 bridgehead atoms. The summed E-state index contributed by atoms with van der Waals surface area (Å²) in [6, 6.07) is 6.26. The van der Waals surface area contributed by atoms with Gasteiger partial charge in [-0.25, -0.2) is 0 Å². The normalized spacial score (nSPS) is 10.6. The number of ether oxygens (including phenoxy) is 2. The van der Waals surface area contributed by atoms with Crippen molar-refractivity contribution in [2.75, 3.05) is 39.5 Å². The van der Waals surface area contributed by atoms with Crippen molar-refractivity contribution in [1.82, 2.24) is 4.90 Å². The molecule has 8 heteroatoms. The molecule has 0 aliphatic carbocycles. The van der Waals surface area contributed by atoms with Gasteiger partial charge in [-0.1, -0.05) is 44.4 Å². The van der Waals surface area contributed by atoms with Crippen LogP contribution in [0, 0.1) is 6.92 Å². The zero-order valence-corrected chi connectivity index (χ0v) is 21.0. The standard InChI is InChI=1S/C28H35NO7/c1-5-14-35-24-18-25(36-15-6-2)27(28(34)20-9-8-19(4)23(32)16-20)22(21(24)7-3)17-26(33)29(10-12-30)11-13-31/h5-6,8-9,16,18,30-32H,1-2,7,10-15,17H2,3-4H3. The maximum Gasteiger partial charge on any atom is 0.227 e. The number of rotatable bonds is 15. The maximum atomic E-state index is 13.8. The quantitative estimate of drug-likeness (QED) is 0.256. The van der Waals surface area contributed by atoms with E-state index in [4.69, 9.17) is 9.47 Å². The first-order chi connectivity index (χ1) is 17.3. The number of benzene rings is 2. The zero-order chi connectivity index (χ0) is 26.7. The van der Waals surface area contributed by atoms with Crippen LogP contribution in [0.3, 0.4) is 0 Å². The summed E-state index contributed by atoms with van der Waals surface area (Å²) in [5, 5.41) is 29.0. The van der Waals surface area contributed by atoms with Gasteiger partial charge in [0.1, 0.15) is 30.5 Å². The zero-order valence-electron chi connectivity index (χ0n) is 21.0. The molecule has 2 rings (SSSR count). The van der Waals surface area contributed by atoms with E-state index >= 15 is 0 Å². The summed E-state index contributed by atoms with van der Waals surface area (Å²) in [4.78, 5) is 28.4. The number of nitrogens with zero attached hydrogens (tertiary/aromatic N) is 1. The third-order valence-electron chi connectivity index (χ3n) is 5.66. The molecule has 0 aliphatic rings. The van der Waals surface area contributed by atoms with E-state index in [1.54, 1.807) is 37.3 Å². The van der Waals surface area contributed by atoms with Gasteiger partial charge in [-0.05, 0) is 36.1 Å². The molecule has 194 valence electrons. The van der Waals surface area contributed by atoms with E-state index in [-0.39, 0.29) is 74.5 Å². The molecule has 3 N–H and O–H groups in total. The Morgan fingerprint density at radius 2 is 1.58 bits per heavy atom. The smallest absolute Gasteiger partial charge is 0.227 e. The molecule has 0 aromatic heterocycles. The molecular weight excluding hydrogens is 462 g/mol. The Bertz CT molecular complexity index is 1090. The largest absolute Gasteiger partial charge is 0.508 e. The predicted octanol–water partition coefficient (Wildman–Crippen LogP) is 2.98. The molecule has 0 saturated heterocycles. The molecule has 0 unspecified atom stereocenters. The van der Waals surface area contributed by atoms with Crippen LogP contribution < -0.4 is 9.47 Å². The van der Waals surface area contributed by atoms with Gasteiger partial charge in [0.25, 0.3) is 0 Å². The van der Waals surface area contributed by atoms with Crippen molar-refractivity contribution in [3.05, 3.63) is 77.4 Å². The Hall–Kier alpha value is -3.62. The number of phenolic OH excluding ortho intramolecular Hbond substituents is 1. The molecule has 0 radical (unpaired) electrons. The molecule has 0 saturated carbocycles. The van der Waals surface area contributed by atoms with Crippen LogP contribution in [-0.4, -0.2) is 71.4 Å². The van der Waals surface area contributed by atoms with Gasteiger partial charge in [-0.15, -0.1) is 0 Å². The molecule has 0 heterocycles. The van der Waals surface area contributed by atoms with Gasteiger partial charge in [0.2, 0.25) is 5.91 Å². The van der Waals surface area contributed by atoms with Crippen molar-refractivity contribution in [2.45, 2.75) is 26.7 Å². The molecule has 0 spiro atoms. The Balaban J connectivity index is 2.78. The predicted molar refractivity (Wildman–Crippen MR) is 138 cm³/mol. The van der Waals surface area contributed by atoms with Gasteiger partial charge in [-0.3, -0.25) is 9.59 Å². The van der Waals surface area contributed by atoms with Crippen molar-refractivity contribution in [3.8, 4) is 17.2 Å². The SMILES string of the molecule is C=CCOc1cc(OCC=C)c(C(=O)c2ccc(C)c(O)c2)c(CC(=O)N(CCO)CCO)c1CC. The average Bonchev–Trinajstić information content (AvgIpc) is 2.87. The number of phenols is 1. The van der Waals surface area contributed by atoms with Gasteiger partial charge in [0.15, 0.2) is 5.78 Å². The number of aryl methyl sites for hydroxylation is 1. The van der Waals surface area contributed by atoms with Crippen molar-refractivity contribution < 1.29 is 34.4 Å². The Morgan fingerprint density at radius 3 is 2.11 bits per heavy atom. The highest BCUT2D eigenvalue weighted by Gasteiger charge is 2.28. The van der Waals surface area contributed by atoms with Crippen molar-refractivity contribution >= 4 is 11.7 Å². The summed E-state index contributed by atoms with van der Waals surface area (Å²) in [6.45, 7) is 10.8. The highest BCUT2D eigenvalue weighted by molar-refractivity contribution is 6.13. The molecule has 0 atom stereocenters. The summed E-state index contributed by atoms with van der Waals surface area (Å²) in [6.07, 6.45) is 3.40. The van der Waals surface area contributed by atoms with E-state index in [0.717, 1.165) is 0 Å². The third-order valence-corrected chi connectivity index (χ3v) is 5.66. The van der Waals surface area contributed by atoms with E-state index < -0.39 is 5.78 Å². The molecule has 0 fully saturated rings. The lowest BCUT2D eigenvalue weighted by Crippen LogP contribution is -2.37. The first-order valence-electron chi connectivity index (χ1n) is 11.8. The van der Waals surface area contributed by atoms with Crippen LogP contribution in [0.4, 0.5) is 0 Å². The van der Waals surface area contributed by atoms with Crippen LogP contribution in [0.25, 0.3) is 0 Å². The van der Waals surface area contributed by atoms with E-state index in [2.05, 4.69) is 13.2 Å². The highest BCUT2D eigenvalue weighted by Crippen LogP contribution is 2.37. The fraction of sp³-hybridized carbons (Fsp3) is 0.357. The van der Waals surface area contributed by atoms with E-state index in [0.29, 0.717) is 28.9 Å². The van der Waals surface area contributed by atoms with Gasteiger partial charge in [-0.2, -0.15) is 0 Å². The monoisotopic (exact) mass is 497 g/mol. The van der Waals surface area contributed by atoms with E-state index in [1.165, 1.54) is 11.0 Å². The fourth-order valence-corrected chi connectivity index (χ4v) is 3.86. The number of carbonyl (C=O) groups is 2. The molecule has 8 nitrogen and oxygen atoms in total. The van der Waals surface area contributed by atoms with Crippen LogP contribution in [-0.2, 0) is 17.6 Å². The summed E-state index contributed by atoms with van der Waals surface area (Å²) < 4.78 is 11.7. The topological polar surface area (TPSA) is 117 Å². The van der Waals surface area contributed by atoms with Gasteiger partial charge >= 0.3 is 0 Å². The minimum Gasteiger partial charge on any atom is -0.508 e. The van der Waals surface area contributed by atoms with Crippen molar-refractivity contribution in [3.63, 3.8) is 0 Å². The second-order valence-electron chi connectivity index (χ2n) is 8.09. The third kappa shape index (κ3) is 6.96. The number of hydrogen-bond donors (Lipinski definition) is 3. The van der Waals surface area contributed by atoms with Crippen LogP contribution in [0.5, 0.6) is 17.2 Å². The lowest BCUT2D eigenvalue weighted by atomic mass is 9.89. The van der Waals surface area contributed by atoms with Gasteiger partial charge < -0.3 is 29.7 Å². The second-order valence-corrected chi connectivity index (χ2v) is 8.09. The van der Waals surface area contributed by atoms with Crippen LogP contribution in [0.15, 0.2) is 49.6 Å². The summed E-state index contributed by atoms with van der Waals surface area (Å²) in [7, 11) is 0. The number of carbonyl (C=O) groups excluding carboxylic acids is 2. The summed E-state index contributed by atoms with van der Waals surface area (Å²) in [5.41, 5.74) is 2.12. The number of ketones is 1. The molecule has 2 aromatic rings. The van der Waals surface area contributed by atoms with Crippen molar-refractivity contribution in [1.29, 1.82) is 0 Å². The minimum atomic E-state index is -0.423. The number of hydrogen-bond acceptors (Lipinski definition) is 7. The molecule has 36 heavy (non-hydrogen) atoms. The number of aromatic hydroxyl groups is 1. The summed E-state index contributed by atoms with van der Waals surface area (Å²) in [5.74, 6) is -0.142. The average molecular weight is 498 g/mol. The van der Waals surface area contributed by atoms with Crippen LogP contribution in [0.1, 0.15) is 39.5 Å². The first-order valence-corrected chi connectivity index (χ1v) is 11.8. The highest BCUT2D eigenvalue weighted by atomic mass is 16.5. The first kappa shape index (κ1) is 28.6. The van der Waals surface area contributed by atoms with Crippen molar-refractivity contribution in [2.24, 2.45) is 0 Å². The lowest BCUT2D eigenvalue weighted by molar-refractivity contribution is -0.131. The molecule has 2 aromatic carbocycles. The van der Waals surface area contributed by atoms with Gasteiger partial charge in [0.05, 0.1) is 25.2 Å². The number of aliphatic hydroxyl groups is 2. The Kier molecular flexibility index (Phi) is 11.2. The van der Waals surface area contributed by atoms with Crippen LogP contribution >= 0.6 is 0 Å².